The number of para-hydroxylation sites is 1. The van der Waals surface area contributed by atoms with E-state index in [4.69, 9.17) is 11.6 Å². The molecule has 0 aliphatic carbocycles. The highest BCUT2D eigenvalue weighted by atomic mass is 35.5. The number of hydrogen-bond donors (Lipinski definition) is 0. The Labute approximate surface area is 135 Å². The lowest BCUT2D eigenvalue weighted by molar-refractivity contribution is 1.40. The van der Waals surface area contributed by atoms with Gasteiger partial charge in [-0.15, -0.1) is 0 Å². The van der Waals surface area contributed by atoms with E-state index in [1.165, 1.54) is 0 Å². The summed E-state index contributed by atoms with van der Waals surface area (Å²) in [5, 5.41) is 0.507. The van der Waals surface area contributed by atoms with Gasteiger partial charge in [0, 0.05) is 11.1 Å². The molecule has 1 nitrogen and oxygen atoms in total. The molecule has 2 heteroatoms. The molecule has 0 unspecified atom stereocenters. The van der Waals surface area contributed by atoms with Crippen molar-refractivity contribution in [2.45, 2.75) is 6.92 Å². The molecule has 0 amide bonds. The van der Waals surface area contributed by atoms with Gasteiger partial charge in [-0.3, -0.25) is 0 Å². The number of benzene rings is 3. The summed E-state index contributed by atoms with van der Waals surface area (Å²) in [4.78, 5) is 4.69. The van der Waals surface area contributed by atoms with Crippen molar-refractivity contribution in [1.82, 2.24) is 0 Å². The van der Waals surface area contributed by atoms with Gasteiger partial charge in [0.15, 0.2) is 0 Å². The molecule has 0 N–H and O–H groups in total. The smallest absolute Gasteiger partial charge is 0.136 e. The van der Waals surface area contributed by atoms with E-state index in [1.807, 2.05) is 54.6 Å². The van der Waals surface area contributed by atoms with E-state index in [-0.39, 0.29) is 0 Å². The first-order chi connectivity index (χ1) is 10.8. The Kier molecular flexibility index (Phi) is 4.36. The van der Waals surface area contributed by atoms with Crippen LogP contribution in [0, 0.1) is 6.92 Å². The molecule has 0 atom stereocenters. The summed E-state index contributed by atoms with van der Waals surface area (Å²) in [6.45, 7) is 2.06. The predicted molar refractivity (Wildman–Crippen MR) is 95.1 cm³/mol. The fourth-order valence-electron chi connectivity index (χ4n) is 2.40. The molecule has 108 valence electrons. The van der Waals surface area contributed by atoms with Gasteiger partial charge in [-0.25, -0.2) is 4.99 Å². The highest BCUT2D eigenvalue weighted by Gasteiger charge is 2.08. The van der Waals surface area contributed by atoms with Gasteiger partial charge in [0.25, 0.3) is 0 Å². The molecular formula is C20H16ClN. The van der Waals surface area contributed by atoms with Gasteiger partial charge < -0.3 is 0 Å². The highest BCUT2D eigenvalue weighted by Crippen LogP contribution is 2.33. The Balaban J connectivity index is 2.11. The fourth-order valence-corrected chi connectivity index (χ4v) is 2.61. The van der Waals surface area contributed by atoms with Gasteiger partial charge in [0.05, 0.1) is 5.69 Å². The van der Waals surface area contributed by atoms with Crippen LogP contribution in [0.15, 0.2) is 83.9 Å². The normalized spacial score (nSPS) is 11.5. The zero-order valence-corrected chi connectivity index (χ0v) is 13.1. The summed E-state index contributed by atoms with van der Waals surface area (Å²) in [5.41, 5.74) is 5.18. The third-order valence-electron chi connectivity index (χ3n) is 3.54. The number of nitrogens with zero attached hydrogens (tertiary/aromatic N) is 1. The lowest BCUT2D eigenvalue weighted by Crippen LogP contribution is -1.91. The minimum atomic E-state index is 0.507. The molecule has 0 fully saturated rings. The van der Waals surface area contributed by atoms with Crippen LogP contribution in [0.25, 0.3) is 11.1 Å². The monoisotopic (exact) mass is 305 g/mol. The fraction of sp³-hybridized carbons (Fsp3) is 0.0500. The van der Waals surface area contributed by atoms with Gasteiger partial charge in [-0.05, 0) is 18.1 Å². The topological polar surface area (TPSA) is 12.4 Å². The standard InChI is InChI=1S/C20H16ClN/c1-15-9-8-14-18(16-10-4-2-5-11-16)19(15)22-20(21)17-12-6-3-7-13-17/h2-14H,1H3/b22-20+. The summed E-state index contributed by atoms with van der Waals surface area (Å²) in [5.74, 6) is 0. The largest absolute Gasteiger partial charge is 0.235 e. The molecule has 0 aliphatic heterocycles. The Morgan fingerprint density at radius 2 is 1.41 bits per heavy atom. The highest BCUT2D eigenvalue weighted by molar-refractivity contribution is 6.69. The molecule has 22 heavy (non-hydrogen) atoms. The van der Waals surface area contributed by atoms with Crippen LogP contribution in [-0.4, -0.2) is 5.17 Å². The Bertz CT molecular complexity index is 792. The minimum Gasteiger partial charge on any atom is -0.235 e. The molecule has 3 rings (SSSR count). The number of aryl methyl sites for hydroxylation is 1. The van der Waals surface area contributed by atoms with Gasteiger partial charge in [0.1, 0.15) is 5.17 Å². The minimum absolute atomic E-state index is 0.507. The average molecular weight is 306 g/mol. The third kappa shape index (κ3) is 3.10. The second-order valence-corrected chi connectivity index (χ2v) is 5.46. The molecule has 0 saturated carbocycles. The van der Waals surface area contributed by atoms with Crippen LogP contribution in [0.3, 0.4) is 0 Å². The SMILES string of the molecule is Cc1cccc(-c2ccccc2)c1/N=C(/Cl)c1ccccc1. The van der Waals surface area contributed by atoms with E-state index >= 15 is 0 Å². The van der Waals surface area contributed by atoms with Crippen LogP contribution < -0.4 is 0 Å². The maximum Gasteiger partial charge on any atom is 0.136 e. The zero-order valence-electron chi connectivity index (χ0n) is 12.3. The first kappa shape index (κ1) is 14.6. The van der Waals surface area contributed by atoms with Gasteiger partial charge in [-0.2, -0.15) is 0 Å². The predicted octanol–water partition coefficient (Wildman–Crippen LogP) is 5.98. The van der Waals surface area contributed by atoms with Crippen LogP contribution in [0.4, 0.5) is 5.69 Å². The van der Waals surface area contributed by atoms with Crippen molar-refractivity contribution in [3.8, 4) is 11.1 Å². The first-order valence-electron chi connectivity index (χ1n) is 7.20. The van der Waals surface area contributed by atoms with Crippen molar-refractivity contribution in [2.24, 2.45) is 4.99 Å². The summed E-state index contributed by atoms with van der Waals surface area (Å²) in [6.07, 6.45) is 0. The molecule has 0 bridgehead atoms. The molecule has 0 radical (unpaired) electrons. The first-order valence-corrected chi connectivity index (χ1v) is 7.58. The maximum absolute atomic E-state index is 6.42. The van der Waals surface area contributed by atoms with Gasteiger partial charge >= 0.3 is 0 Å². The van der Waals surface area contributed by atoms with E-state index in [2.05, 4.69) is 36.2 Å². The lowest BCUT2D eigenvalue weighted by Gasteiger charge is -2.10. The molecule has 0 heterocycles. The van der Waals surface area contributed by atoms with Crippen LogP contribution in [-0.2, 0) is 0 Å². The van der Waals surface area contributed by atoms with E-state index in [0.717, 1.165) is 27.9 Å². The average Bonchev–Trinajstić information content (AvgIpc) is 2.58. The second kappa shape index (κ2) is 6.59. The van der Waals surface area contributed by atoms with E-state index in [1.54, 1.807) is 0 Å². The summed E-state index contributed by atoms with van der Waals surface area (Å²) in [6, 6.07) is 26.3. The van der Waals surface area contributed by atoms with Crippen molar-refractivity contribution in [1.29, 1.82) is 0 Å². The van der Waals surface area contributed by atoms with E-state index in [0.29, 0.717) is 5.17 Å². The van der Waals surface area contributed by atoms with Crippen molar-refractivity contribution < 1.29 is 0 Å². The van der Waals surface area contributed by atoms with E-state index < -0.39 is 0 Å². The number of halogens is 1. The number of rotatable bonds is 3. The molecule has 3 aromatic carbocycles. The van der Waals surface area contributed by atoms with E-state index in [9.17, 15) is 0 Å². The van der Waals surface area contributed by atoms with Crippen molar-refractivity contribution in [2.75, 3.05) is 0 Å². The number of hydrogen-bond acceptors (Lipinski definition) is 1. The second-order valence-electron chi connectivity index (χ2n) is 5.11. The summed E-state index contributed by atoms with van der Waals surface area (Å²) >= 11 is 6.42. The van der Waals surface area contributed by atoms with Crippen molar-refractivity contribution in [3.05, 3.63) is 90.0 Å². The Morgan fingerprint density at radius 1 is 0.773 bits per heavy atom. The quantitative estimate of drug-likeness (QED) is 0.528. The van der Waals surface area contributed by atoms with Crippen LogP contribution in [0.2, 0.25) is 0 Å². The molecule has 0 aromatic heterocycles. The molecule has 0 aliphatic rings. The lowest BCUT2D eigenvalue weighted by atomic mass is 10.0. The van der Waals surface area contributed by atoms with Crippen LogP contribution in [0.1, 0.15) is 11.1 Å². The Morgan fingerprint density at radius 3 is 2.09 bits per heavy atom. The van der Waals surface area contributed by atoms with Gasteiger partial charge in [-0.1, -0.05) is 90.5 Å². The van der Waals surface area contributed by atoms with Crippen molar-refractivity contribution >= 4 is 22.5 Å². The maximum atomic E-state index is 6.42. The molecule has 3 aromatic rings. The van der Waals surface area contributed by atoms with Gasteiger partial charge in [0.2, 0.25) is 0 Å². The molecular weight excluding hydrogens is 290 g/mol. The Hall–Kier alpha value is -2.38. The van der Waals surface area contributed by atoms with Crippen molar-refractivity contribution in [3.63, 3.8) is 0 Å². The van der Waals surface area contributed by atoms with Crippen LogP contribution >= 0.6 is 11.6 Å². The molecule has 0 spiro atoms. The van der Waals surface area contributed by atoms with Crippen LogP contribution in [0.5, 0.6) is 0 Å². The third-order valence-corrected chi connectivity index (χ3v) is 3.85. The number of aliphatic imine (C=N–C) groups is 1. The summed E-state index contributed by atoms with van der Waals surface area (Å²) < 4.78 is 0. The zero-order chi connectivity index (χ0) is 15.4. The summed E-state index contributed by atoms with van der Waals surface area (Å²) in [7, 11) is 0. The molecule has 0 saturated heterocycles.